The van der Waals surface area contributed by atoms with Crippen molar-refractivity contribution >= 4 is 11.9 Å². The lowest BCUT2D eigenvalue weighted by atomic mass is 10.1. The summed E-state index contributed by atoms with van der Waals surface area (Å²) in [5.74, 6) is -0.609. The zero-order chi connectivity index (χ0) is 18.0. The Hall–Kier alpha value is -2.68. The second-order valence-corrected chi connectivity index (χ2v) is 5.51. The fourth-order valence-corrected chi connectivity index (χ4v) is 2.57. The Kier molecular flexibility index (Phi) is 4.58. The number of hydrogen-bond donors (Lipinski definition) is 1. The number of nitrogen functional groups attached to an aromatic ring is 1. The third kappa shape index (κ3) is 3.71. The van der Waals surface area contributed by atoms with Gasteiger partial charge >= 0.3 is 6.18 Å². The molecule has 2 aromatic rings. The van der Waals surface area contributed by atoms with Crippen molar-refractivity contribution in [3.05, 3.63) is 42.1 Å². The molecule has 9 heteroatoms. The summed E-state index contributed by atoms with van der Waals surface area (Å²) in [5, 5.41) is 0. The Morgan fingerprint density at radius 2 is 2.00 bits per heavy atom. The number of nitrogens with zero attached hydrogens (tertiary/aromatic N) is 3. The van der Waals surface area contributed by atoms with E-state index in [4.69, 9.17) is 10.5 Å². The van der Waals surface area contributed by atoms with Crippen LogP contribution in [0.15, 0.2) is 36.5 Å². The number of alkyl halides is 3. The third-order valence-electron chi connectivity index (χ3n) is 3.80. The highest BCUT2D eigenvalue weighted by Crippen LogP contribution is 2.28. The number of carbonyl (C=O) groups excluding carboxylic acids is 1. The van der Waals surface area contributed by atoms with Crippen LogP contribution in [0.3, 0.4) is 0 Å². The molecule has 0 saturated carbocycles. The van der Waals surface area contributed by atoms with Crippen LogP contribution in [0.2, 0.25) is 0 Å². The van der Waals surface area contributed by atoms with E-state index in [-0.39, 0.29) is 30.4 Å². The molecule has 1 unspecified atom stereocenters. The molecule has 3 rings (SSSR count). The molecule has 1 atom stereocenters. The predicted octanol–water partition coefficient (Wildman–Crippen LogP) is 2.13. The monoisotopic (exact) mass is 352 g/mol. The highest BCUT2D eigenvalue weighted by molar-refractivity contribution is 5.99. The van der Waals surface area contributed by atoms with E-state index in [9.17, 15) is 18.0 Å². The fraction of sp³-hybridized carbons (Fsp3) is 0.312. The summed E-state index contributed by atoms with van der Waals surface area (Å²) in [6, 6.07) is 8.78. The maximum atomic E-state index is 12.9. The van der Waals surface area contributed by atoms with Gasteiger partial charge in [0.1, 0.15) is 0 Å². The number of hydrogen-bond acceptors (Lipinski definition) is 5. The van der Waals surface area contributed by atoms with E-state index in [1.54, 1.807) is 30.3 Å². The quantitative estimate of drug-likeness (QED) is 0.895. The van der Waals surface area contributed by atoms with Crippen LogP contribution in [-0.2, 0) is 4.74 Å². The molecule has 1 aromatic heterocycles. The molecule has 25 heavy (non-hydrogen) atoms. The molecule has 2 N–H and O–H groups in total. The van der Waals surface area contributed by atoms with Crippen molar-refractivity contribution in [3.63, 3.8) is 0 Å². The molecule has 0 spiro atoms. The number of aromatic nitrogens is 2. The molecule has 0 radical (unpaired) electrons. The number of halogens is 3. The Balaban J connectivity index is 1.93. The number of benzene rings is 1. The fourth-order valence-electron chi connectivity index (χ4n) is 2.57. The highest BCUT2D eigenvalue weighted by Gasteiger charge is 2.44. The summed E-state index contributed by atoms with van der Waals surface area (Å²) in [5.41, 5.74) is 6.62. The van der Waals surface area contributed by atoms with Crippen LogP contribution in [0.5, 0.6) is 0 Å². The average Bonchev–Trinajstić information content (AvgIpc) is 2.61. The van der Waals surface area contributed by atoms with E-state index >= 15 is 0 Å². The first-order valence-corrected chi connectivity index (χ1v) is 7.52. The largest absolute Gasteiger partial charge is 0.416 e. The second kappa shape index (κ2) is 6.67. The normalized spacial score (nSPS) is 18.2. The highest BCUT2D eigenvalue weighted by atomic mass is 19.4. The van der Waals surface area contributed by atoms with Crippen molar-refractivity contribution in [2.24, 2.45) is 0 Å². The molecule has 1 fully saturated rings. The topological polar surface area (TPSA) is 81.3 Å². The molecule has 1 aliphatic rings. The smallest absolute Gasteiger partial charge is 0.368 e. The number of ether oxygens (including phenoxy) is 1. The van der Waals surface area contributed by atoms with Crippen molar-refractivity contribution in [2.75, 3.05) is 25.4 Å². The molecule has 2 heterocycles. The summed E-state index contributed by atoms with van der Waals surface area (Å²) < 4.78 is 43.3. The zero-order valence-electron chi connectivity index (χ0n) is 13.0. The van der Waals surface area contributed by atoms with Crippen molar-refractivity contribution in [3.8, 4) is 11.3 Å². The van der Waals surface area contributed by atoms with Crippen LogP contribution in [-0.4, -0.2) is 52.8 Å². The van der Waals surface area contributed by atoms with Gasteiger partial charge in [-0.2, -0.15) is 13.2 Å². The van der Waals surface area contributed by atoms with E-state index < -0.39 is 24.7 Å². The van der Waals surface area contributed by atoms with Crippen LogP contribution in [0.4, 0.5) is 19.1 Å². The molecule has 0 aliphatic carbocycles. The zero-order valence-corrected chi connectivity index (χ0v) is 13.0. The Labute approximate surface area is 141 Å². The molecule has 1 saturated heterocycles. The minimum absolute atomic E-state index is 0.0226. The van der Waals surface area contributed by atoms with Crippen molar-refractivity contribution in [2.45, 2.75) is 12.3 Å². The molecule has 0 bridgehead atoms. The van der Waals surface area contributed by atoms with Crippen LogP contribution in [0.25, 0.3) is 11.3 Å². The molecule has 6 nitrogen and oxygen atoms in total. The van der Waals surface area contributed by atoms with E-state index in [1.807, 2.05) is 0 Å². The van der Waals surface area contributed by atoms with E-state index in [0.29, 0.717) is 5.56 Å². The maximum absolute atomic E-state index is 12.9. The van der Waals surface area contributed by atoms with E-state index in [2.05, 4.69) is 9.97 Å². The first-order valence-electron chi connectivity index (χ1n) is 7.52. The second-order valence-electron chi connectivity index (χ2n) is 5.51. The number of rotatable bonds is 2. The Bertz CT molecular complexity index is 768. The van der Waals surface area contributed by atoms with Crippen LogP contribution in [0.1, 0.15) is 10.4 Å². The van der Waals surface area contributed by atoms with Gasteiger partial charge in [-0.1, -0.05) is 30.3 Å². The average molecular weight is 352 g/mol. The number of amides is 1. The van der Waals surface area contributed by atoms with Gasteiger partial charge < -0.3 is 15.4 Å². The minimum Gasteiger partial charge on any atom is -0.368 e. The van der Waals surface area contributed by atoms with Crippen LogP contribution in [0, 0.1) is 0 Å². The molecular formula is C16H15F3N4O2. The number of carbonyl (C=O) groups is 1. The Morgan fingerprint density at radius 1 is 1.28 bits per heavy atom. The van der Waals surface area contributed by atoms with E-state index in [1.165, 1.54) is 6.20 Å². The van der Waals surface area contributed by atoms with Crippen molar-refractivity contribution in [1.29, 1.82) is 0 Å². The first-order chi connectivity index (χ1) is 11.9. The maximum Gasteiger partial charge on any atom is 0.416 e. The van der Waals surface area contributed by atoms with Crippen LogP contribution < -0.4 is 5.73 Å². The number of morpholine rings is 1. The summed E-state index contributed by atoms with van der Waals surface area (Å²) in [6.07, 6.45) is -5.29. The summed E-state index contributed by atoms with van der Waals surface area (Å²) in [4.78, 5) is 21.8. The lowest BCUT2D eigenvalue weighted by Crippen LogP contribution is -2.51. The Morgan fingerprint density at radius 3 is 2.68 bits per heavy atom. The molecule has 1 aromatic carbocycles. The van der Waals surface area contributed by atoms with Crippen LogP contribution >= 0.6 is 0 Å². The number of anilines is 1. The third-order valence-corrected chi connectivity index (χ3v) is 3.80. The van der Waals surface area contributed by atoms with Crippen molar-refractivity contribution < 1.29 is 22.7 Å². The lowest BCUT2D eigenvalue weighted by molar-refractivity contribution is -0.233. The molecule has 1 aliphatic heterocycles. The first kappa shape index (κ1) is 17.2. The van der Waals surface area contributed by atoms with Gasteiger partial charge in [0.15, 0.2) is 6.10 Å². The van der Waals surface area contributed by atoms with Gasteiger partial charge in [-0.3, -0.25) is 4.79 Å². The van der Waals surface area contributed by atoms with Gasteiger partial charge in [0.25, 0.3) is 5.91 Å². The summed E-state index contributed by atoms with van der Waals surface area (Å²) >= 11 is 0. The standard InChI is InChI=1S/C16H15F3N4O2/c17-16(18,19)12-9-23(6-7-25-12)14(24)11-8-21-15(20)22-13(11)10-4-2-1-3-5-10/h1-5,8,12H,6-7,9H2,(H2,20,21,22). The van der Waals surface area contributed by atoms with Gasteiger partial charge in [-0.05, 0) is 0 Å². The summed E-state index contributed by atoms with van der Waals surface area (Å²) in [6.45, 7) is -0.697. The van der Waals surface area contributed by atoms with Gasteiger partial charge in [-0.25, -0.2) is 9.97 Å². The van der Waals surface area contributed by atoms with Gasteiger partial charge in [-0.15, -0.1) is 0 Å². The van der Waals surface area contributed by atoms with Gasteiger partial charge in [0.2, 0.25) is 5.95 Å². The molecule has 132 valence electrons. The predicted molar refractivity (Wildman–Crippen MR) is 83.6 cm³/mol. The minimum atomic E-state index is -4.53. The van der Waals surface area contributed by atoms with E-state index in [0.717, 1.165) is 4.90 Å². The number of nitrogens with two attached hydrogens (primary N) is 1. The van der Waals surface area contributed by atoms with Gasteiger partial charge in [0.05, 0.1) is 24.4 Å². The molecule has 1 amide bonds. The molecular weight excluding hydrogens is 337 g/mol. The summed E-state index contributed by atoms with van der Waals surface area (Å²) in [7, 11) is 0. The van der Waals surface area contributed by atoms with Gasteiger partial charge in [0, 0.05) is 18.3 Å². The lowest BCUT2D eigenvalue weighted by Gasteiger charge is -2.34. The SMILES string of the molecule is Nc1ncc(C(=O)N2CCOC(C(F)(F)F)C2)c(-c2ccccc2)n1. The van der Waals surface area contributed by atoms with Crippen molar-refractivity contribution in [1.82, 2.24) is 14.9 Å².